The van der Waals surface area contributed by atoms with Gasteiger partial charge in [-0.2, -0.15) is 0 Å². The van der Waals surface area contributed by atoms with Gasteiger partial charge in [-0.05, 0) is 32.2 Å². The Labute approximate surface area is 93.4 Å². The summed E-state index contributed by atoms with van der Waals surface area (Å²) in [5.74, 6) is 0.856. The maximum absolute atomic E-state index is 9.69. The second kappa shape index (κ2) is 7.20. The second-order valence-electron chi connectivity index (χ2n) is 4.52. The minimum atomic E-state index is -0.315. The SMILES string of the molecule is CCCC1CCN(CC(O)COCC)C1. The first kappa shape index (κ1) is 12.9. The van der Waals surface area contributed by atoms with Crippen LogP contribution in [0.5, 0.6) is 0 Å². The summed E-state index contributed by atoms with van der Waals surface area (Å²) in [6, 6.07) is 0. The molecule has 2 atom stereocenters. The van der Waals surface area contributed by atoms with Crippen LogP contribution in [0.4, 0.5) is 0 Å². The van der Waals surface area contributed by atoms with Crippen LogP contribution in [0.3, 0.4) is 0 Å². The van der Waals surface area contributed by atoms with Gasteiger partial charge >= 0.3 is 0 Å². The molecule has 0 bridgehead atoms. The van der Waals surface area contributed by atoms with Crippen LogP contribution < -0.4 is 0 Å². The maximum Gasteiger partial charge on any atom is 0.0900 e. The van der Waals surface area contributed by atoms with Gasteiger partial charge in [0.1, 0.15) is 0 Å². The fourth-order valence-electron chi connectivity index (χ4n) is 2.33. The number of β-amino-alcohol motifs (C(OH)–C–C–N with tert-alkyl or cyclic N) is 1. The molecule has 0 saturated carbocycles. The Morgan fingerprint density at radius 2 is 2.27 bits per heavy atom. The first-order chi connectivity index (χ1) is 7.26. The number of nitrogens with zero attached hydrogens (tertiary/aromatic N) is 1. The monoisotopic (exact) mass is 215 g/mol. The molecule has 2 unspecified atom stereocenters. The van der Waals surface area contributed by atoms with E-state index in [2.05, 4.69) is 11.8 Å². The highest BCUT2D eigenvalue weighted by atomic mass is 16.5. The van der Waals surface area contributed by atoms with Gasteiger partial charge in [0.2, 0.25) is 0 Å². The Bertz CT molecular complexity index is 164. The summed E-state index contributed by atoms with van der Waals surface area (Å²) in [5.41, 5.74) is 0. The number of hydrogen-bond acceptors (Lipinski definition) is 3. The van der Waals surface area contributed by atoms with E-state index in [0.717, 1.165) is 25.6 Å². The summed E-state index contributed by atoms with van der Waals surface area (Å²) < 4.78 is 5.20. The number of aliphatic hydroxyl groups is 1. The summed E-state index contributed by atoms with van der Waals surface area (Å²) in [6.45, 7) is 8.46. The molecule has 3 heteroatoms. The van der Waals surface area contributed by atoms with Crippen LogP contribution in [0.1, 0.15) is 33.1 Å². The summed E-state index contributed by atoms with van der Waals surface area (Å²) >= 11 is 0. The lowest BCUT2D eigenvalue weighted by atomic mass is 10.0. The predicted molar refractivity (Wildman–Crippen MR) is 62.0 cm³/mol. The van der Waals surface area contributed by atoms with Crippen LogP contribution >= 0.6 is 0 Å². The maximum atomic E-state index is 9.69. The standard InChI is InChI=1S/C12H25NO2/c1-3-5-11-6-7-13(8-11)9-12(14)10-15-4-2/h11-12,14H,3-10H2,1-2H3. The van der Waals surface area contributed by atoms with E-state index in [1.807, 2.05) is 6.92 Å². The molecule has 1 fully saturated rings. The van der Waals surface area contributed by atoms with Gasteiger partial charge in [0.25, 0.3) is 0 Å². The van der Waals surface area contributed by atoms with Crippen LogP contribution in [0, 0.1) is 5.92 Å². The molecule has 0 aliphatic carbocycles. The van der Waals surface area contributed by atoms with Crippen LogP contribution in [0.25, 0.3) is 0 Å². The van der Waals surface area contributed by atoms with Crippen molar-refractivity contribution in [1.82, 2.24) is 4.90 Å². The molecule has 1 aliphatic rings. The van der Waals surface area contributed by atoms with Crippen LogP contribution in [0.15, 0.2) is 0 Å². The Hall–Kier alpha value is -0.120. The highest BCUT2D eigenvalue weighted by Gasteiger charge is 2.23. The minimum Gasteiger partial charge on any atom is -0.389 e. The lowest BCUT2D eigenvalue weighted by molar-refractivity contribution is 0.0246. The first-order valence-corrected chi connectivity index (χ1v) is 6.24. The number of ether oxygens (including phenoxy) is 1. The van der Waals surface area contributed by atoms with E-state index >= 15 is 0 Å². The molecular formula is C12H25NO2. The predicted octanol–water partition coefficient (Wildman–Crippen LogP) is 1.51. The first-order valence-electron chi connectivity index (χ1n) is 6.24. The normalized spacial score (nSPS) is 24.6. The van der Waals surface area contributed by atoms with Gasteiger partial charge in [0, 0.05) is 19.7 Å². The molecule has 0 spiro atoms. The van der Waals surface area contributed by atoms with E-state index in [1.165, 1.54) is 19.3 Å². The summed E-state index contributed by atoms with van der Waals surface area (Å²) in [4.78, 5) is 2.37. The van der Waals surface area contributed by atoms with Gasteiger partial charge in [0.15, 0.2) is 0 Å². The molecule has 0 aromatic heterocycles. The van der Waals surface area contributed by atoms with E-state index < -0.39 is 0 Å². The minimum absolute atomic E-state index is 0.315. The molecule has 1 aliphatic heterocycles. The van der Waals surface area contributed by atoms with Crippen molar-refractivity contribution >= 4 is 0 Å². The molecule has 1 N–H and O–H groups in total. The Morgan fingerprint density at radius 1 is 1.47 bits per heavy atom. The van der Waals surface area contributed by atoms with Crippen LogP contribution in [0.2, 0.25) is 0 Å². The molecule has 0 aromatic carbocycles. The van der Waals surface area contributed by atoms with Gasteiger partial charge < -0.3 is 14.7 Å². The topological polar surface area (TPSA) is 32.7 Å². The van der Waals surface area contributed by atoms with Crippen molar-refractivity contribution < 1.29 is 9.84 Å². The average Bonchev–Trinajstić information content (AvgIpc) is 2.63. The third-order valence-corrected chi connectivity index (χ3v) is 3.05. The lowest BCUT2D eigenvalue weighted by Crippen LogP contribution is -2.33. The number of hydrogen-bond donors (Lipinski definition) is 1. The molecule has 15 heavy (non-hydrogen) atoms. The van der Waals surface area contributed by atoms with Gasteiger partial charge in [-0.1, -0.05) is 13.3 Å². The molecule has 0 amide bonds. The zero-order valence-electron chi connectivity index (χ0n) is 10.1. The van der Waals surface area contributed by atoms with Crippen LogP contribution in [-0.4, -0.2) is 49.0 Å². The van der Waals surface area contributed by atoms with Crippen molar-refractivity contribution in [2.75, 3.05) is 32.8 Å². The fraction of sp³-hybridized carbons (Fsp3) is 1.00. The van der Waals surface area contributed by atoms with E-state index in [0.29, 0.717) is 13.2 Å². The largest absolute Gasteiger partial charge is 0.389 e. The molecule has 1 rings (SSSR count). The zero-order chi connectivity index (χ0) is 11.1. The van der Waals surface area contributed by atoms with Crippen molar-refractivity contribution in [3.63, 3.8) is 0 Å². The molecule has 90 valence electrons. The fourth-order valence-corrected chi connectivity index (χ4v) is 2.33. The third-order valence-electron chi connectivity index (χ3n) is 3.05. The average molecular weight is 215 g/mol. The Morgan fingerprint density at radius 3 is 2.93 bits per heavy atom. The highest BCUT2D eigenvalue weighted by Crippen LogP contribution is 2.20. The van der Waals surface area contributed by atoms with Gasteiger partial charge in [0.05, 0.1) is 12.7 Å². The highest BCUT2D eigenvalue weighted by molar-refractivity contribution is 4.77. The molecule has 3 nitrogen and oxygen atoms in total. The quantitative estimate of drug-likeness (QED) is 0.698. The molecule has 0 radical (unpaired) electrons. The molecule has 0 aromatic rings. The molecule has 1 heterocycles. The van der Waals surface area contributed by atoms with Crippen LogP contribution in [-0.2, 0) is 4.74 Å². The van der Waals surface area contributed by atoms with Gasteiger partial charge in [-0.15, -0.1) is 0 Å². The number of aliphatic hydroxyl groups excluding tert-OH is 1. The van der Waals surface area contributed by atoms with Gasteiger partial charge in [-0.3, -0.25) is 0 Å². The van der Waals surface area contributed by atoms with Crippen molar-refractivity contribution in [3.8, 4) is 0 Å². The van der Waals surface area contributed by atoms with Crippen molar-refractivity contribution in [2.24, 2.45) is 5.92 Å². The van der Waals surface area contributed by atoms with Gasteiger partial charge in [-0.25, -0.2) is 0 Å². The molecular weight excluding hydrogens is 190 g/mol. The smallest absolute Gasteiger partial charge is 0.0900 e. The van der Waals surface area contributed by atoms with E-state index in [4.69, 9.17) is 4.74 Å². The van der Waals surface area contributed by atoms with Crippen molar-refractivity contribution in [3.05, 3.63) is 0 Å². The second-order valence-corrected chi connectivity index (χ2v) is 4.52. The zero-order valence-corrected chi connectivity index (χ0v) is 10.1. The van der Waals surface area contributed by atoms with Crippen molar-refractivity contribution in [1.29, 1.82) is 0 Å². The van der Waals surface area contributed by atoms with E-state index in [9.17, 15) is 5.11 Å². The lowest BCUT2D eigenvalue weighted by Gasteiger charge is -2.19. The Balaban J connectivity index is 2.12. The summed E-state index contributed by atoms with van der Waals surface area (Å²) in [7, 11) is 0. The third kappa shape index (κ3) is 4.96. The number of likely N-dealkylation sites (tertiary alicyclic amines) is 1. The van der Waals surface area contributed by atoms with E-state index in [1.54, 1.807) is 0 Å². The van der Waals surface area contributed by atoms with E-state index in [-0.39, 0.29) is 6.10 Å². The molecule has 1 saturated heterocycles. The summed E-state index contributed by atoms with van der Waals surface area (Å²) in [5, 5.41) is 9.69. The van der Waals surface area contributed by atoms with Crippen molar-refractivity contribution in [2.45, 2.75) is 39.2 Å². The summed E-state index contributed by atoms with van der Waals surface area (Å²) in [6.07, 6.45) is 3.60. The number of rotatable bonds is 7. The Kier molecular flexibility index (Phi) is 6.22.